The van der Waals surface area contributed by atoms with Gasteiger partial charge in [0.2, 0.25) is 0 Å². The Hall–Kier alpha value is -1.69. The van der Waals surface area contributed by atoms with E-state index in [2.05, 4.69) is 4.98 Å². The molecule has 1 N–H and O–H groups in total. The number of fused-ring (bicyclic) bond motifs is 1. The minimum atomic E-state index is -1.02. The number of carboxylic acid groups (broad SMARTS) is 1. The lowest BCUT2D eigenvalue weighted by Crippen LogP contribution is -2.43. The predicted octanol–water partition coefficient (Wildman–Crippen LogP) is 2.20. The lowest BCUT2D eigenvalue weighted by atomic mass is 9.94. The van der Waals surface area contributed by atoms with Crippen LogP contribution in [-0.4, -0.2) is 39.5 Å². The van der Waals surface area contributed by atoms with Gasteiger partial charge in [-0.15, -0.1) is 0 Å². The van der Waals surface area contributed by atoms with Crippen LogP contribution in [0.4, 0.5) is 4.39 Å². The number of carboxylic acids is 1. The Labute approximate surface area is 125 Å². The lowest BCUT2D eigenvalue weighted by molar-refractivity contribution is -0.142. The fraction of sp³-hybridized carbons (Fsp3) is 0.500. The summed E-state index contributed by atoms with van der Waals surface area (Å²) in [6.45, 7) is 0.382. The summed E-state index contributed by atoms with van der Waals surface area (Å²) >= 11 is 5.84. The molecule has 5 nitrogen and oxygen atoms in total. The molecule has 0 radical (unpaired) electrons. The molecule has 0 aromatic carbocycles. The summed E-state index contributed by atoms with van der Waals surface area (Å²) < 4.78 is 13.3. The number of pyridine rings is 1. The number of rotatable bonds is 2. The van der Waals surface area contributed by atoms with Crippen molar-refractivity contribution in [2.45, 2.75) is 25.3 Å². The van der Waals surface area contributed by atoms with Gasteiger partial charge in [-0.2, -0.15) is 0 Å². The molecule has 112 valence electrons. The summed E-state index contributed by atoms with van der Waals surface area (Å²) in [5, 5.41) is 9.33. The van der Waals surface area contributed by atoms with E-state index in [0.717, 1.165) is 31.5 Å². The summed E-state index contributed by atoms with van der Waals surface area (Å²) in [5.74, 6) is -2.07. The number of carbonyl (C=O) groups is 2. The van der Waals surface area contributed by atoms with Gasteiger partial charge in [-0.05, 0) is 30.7 Å². The SMILES string of the molecule is O=C(O)C1C2CCCC2CN1C(=O)c1cc(F)cnc1Cl. The Morgan fingerprint density at radius 3 is 2.90 bits per heavy atom. The average Bonchev–Trinajstić information content (AvgIpc) is 3.00. The van der Waals surface area contributed by atoms with Gasteiger partial charge in [-0.25, -0.2) is 14.2 Å². The topological polar surface area (TPSA) is 70.5 Å². The first-order valence-corrected chi connectivity index (χ1v) is 7.21. The van der Waals surface area contributed by atoms with Crippen LogP contribution < -0.4 is 0 Å². The molecule has 21 heavy (non-hydrogen) atoms. The van der Waals surface area contributed by atoms with Crippen LogP contribution in [0, 0.1) is 17.7 Å². The Balaban J connectivity index is 1.93. The van der Waals surface area contributed by atoms with E-state index in [0.29, 0.717) is 6.54 Å². The highest BCUT2D eigenvalue weighted by atomic mass is 35.5. The minimum Gasteiger partial charge on any atom is -0.480 e. The molecule has 1 saturated carbocycles. The van der Waals surface area contributed by atoms with E-state index in [1.807, 2.05) is 0 Å². The Morgan fingerprint density at radius 1 is 1.43 bits per heavy atom. The van der Waals surface area contributed by atoms with Crippen molar-refractivity contribution in [2.75, 3.05) is 6.54 Å². The first-order chi connectivity index (χ1) is 9.99. The number of hydrogen-bond donors (Lipinski definition) is 1. The molecule has 3 rings (SSSR count). The number of aliphatic carboxylic acids is 1. The van der Waals surface area contributed by atoms with E-state index in [4.69, 9.17) is 11.6 Å². The van der Waals surface area contributed by atoms with Crippen LogP contribution in [0.3, 0.4) is 0 Å². The minimum absolute atomic E-state index is 0.0215. The Bertz CT molecular complexity index is 610. The molecular weight excluding hydrogens is 299 g/mol. The van der Waals surface area contributed by atoms with Gasteiger partial charge in [0.25, 0.3) is 5.91 Å². The van der Waals surface area contributed by atoms with Crippen molar-refractivity contribution in [3.63, 3.8) is 0 Å². The second kappa shape index (κ2) is 5.26. The highest BCUT2D eigenvalue weighted by Crippen LogP contribution is 2.42. The molecule has 3 atom stereocenters. The fourth-order valence-electron chi connectivity index (χ4n) is 3.56. The largest absolute Gasteiger partial charge is 0.480 e. The summed E-state index contributed by atoms with van der Waals surface area (Å²) in [4.78, 5) is 29.0. The van der Waals surface area contributed by atoms with E-state index in [1.54, 1.807) is 0 Å². The van der Waals surface area contributed by atoms with Gasteiger partial charge in [0.05, 0.1) is 11.8 Å². The molecule has 1 aliphatic carbocycles. The van der Waals surface area contributed by atoms with Gasteiger partial charge in [0.1, 0.15) is 17.0 Å². The standard InChI is InChI=1S/C14H14ClFN2O3/c15-12-10(4-8(16)5-17-12)13(19)18-6-7-2-1-3-9(7)11(18)14(20)21/h4-5,7,9,11H,1-3,6H2,(H,20,21). The second-order valence-corrected chi connectivity index (χ2v) is 5.95. The third-order valence-corrected chi connectivity index (χ3v) is 4.74. The third kappa shape index (κ3) is 2.37. The van der Waals surface area contributed by atoms with Crippen LogP contribution >= 0.6 is 11.6 Å². The first-order valence-electron chi connectivity index (χ1n) is 6.84. The van der Waals surface area contributed by atoms with E-state index in [-0.39, 0.29) is 22.6 Å². The number of aromatic nitrogens is 1. The molecule has 1 aliphatic heterocycles. The van der Waals surface area contributed by atoms with E-state index >= 15 is 0 Å². The van der Waals surface area contributed by atoms with Crippen molar-refractivity contribution in [2.24, 2.45) is 11.8 Å². The molecule has 1 amide bonds. The average molecular weight is 313 g/mol. The molecule has 1 aromatic rings. The number of hydrogen-bond acceptors (Lipinski definition) is 3. The van der Waals surface area contributed by atoms with Crippen LogP contribution in [0.1, 0.15) is 29.6 Å². The Kier molecular flexibility index (Phi) is 3.57. The van der Waals surface area contributed by atoms with E-state index < -0.39 is 23.7 Å². The third-order valence-electron chi connectivity index (χ3n) is 4.44. The molecule has 1 saturated heterocycles. The van der Waals surface area contributed by atoms with Crippen LogP contribution in [0.2, 0.25) is 5.15 Å². The van der Waals surface area contributed by atoms with Gasteiger partial charge in [0.15, 0.2) is 0 Å². The maximum absolute atomic E-state index is 13.3. The van der Waals surface area contributed by atoms with Crippen molar-refractivity contribution < 1.29 is 19.1 Å². The highest BCUT2D eigenvalue weighted by molar-refractivity contribution is 6.32. The zero-order valence-electron chi connectivity index (χ0n) is 11.1. The van der Waals surface area contributed by atoms with Crippen molar-refractivity contribution in [1.29, 1.82) is 0 Å². The highest BCUT2D eigenvalue weighted by Gasteiger charge is 2.49. The molecule has 2 fully saturated rings. The number of carbonyl (C=O) groups excluding carboxylic acids is 1. The van der Waals surface area contributed by atoms with Crippen molar-refractivity contribution in [3.05, 3.63) is 28.8 Å². The zero-order chi connectivity index (χ0) is 15.1. The molecule has 1 aromatic heterocycles. The summed E-state index contributed by atoms with van der Waals surface area (Å²) in [7, 11) is 0. The molecule has 3 unspecified atom stereocenters. The maximum Gasteiger partial charge on any atom is 0.326 e. The van der Waals surface area contributed by atoms with Crippen molar-refractivity contribution >= 4 is 23.5 Å². The second-order valence-electron chi connectivity index (χ2n) is 5.59. The monoisotopic (exact) mass is 312 g/mol. The van der Waals surface area contributed by atoms with Gasteiger partial charge in [-0.3, -0.25) is 4.79 Å². The van der Waals surface area contributed by atoms with Gasteiger partial charge < -0.3 is 10.0 Å². The number of likely N-dealkylation sites (tertiary alicyclic amines) is 1. The first kappa shape index (κ1) is 14.3. The van der Waals surface area contributed by atoms with Crippen LogP contribution in [0.5, 0.6) is 0 Å². The number of amides is 1. The predicted molar refractivity (Wildman–Crippen MR) is 72.5 cm³/mol. The maximum atomic E-state index is 13.3. The van der Waals surface area contributed by atoms with Crippen molar-refractivity contribution in [3.8, 4) is 0 Å². The molecule has 0 spiro atoms. The summed E-state index contributed by atoms with van der Waals surface area (Å²) in [6, 6.07) is 0.148. The zero-order valence-corrected chi connectivity index (χ0v) is 11.9. The quantitative estimate of drug-likeness (QED) is 0.850. The summed E-state index contributed by atoms with van der Waals surface area (Å²) in [6.07, 6.45) is 3.64. The van der Waals surface area contributed by atoms with Crippen LogP contribution in [0.25, 0.3) is 0 Å². The normalized spacial score (nSPS) is 27.7. The number of nitrogens with zero attached hydrogens (tertiary/aromatic N) is 2. The molecule has 7 heteroatoms. The van der Waals surface area contributed by atoms with Gasteiger partial charge >= 0.3 is 5.97 Å². The van der Waals surface area contributed by atoms with E-state index in [9.17, 15) is 19.1 Å². The molecular formula is C14H14ClFN2O3. The molecule has 0 bridgehead atoms. The molecule has 2 heterocycles. The van der Waals surface area contributed by atoms with Crippen LogP contribution in [0.15, 0.2) is 12.3 Å². The fourth-order valence-corrected chi connectivity index (χ4v) is 3.74. The van der Waals surface area contributed by atoms with Gasteiger partial charge in [0, 0.05) is 6.54 Å². The smallest absolute Gasteiger partial charge is 0.326 e. The van der Waals surface area contributed by atoms with Crippen molar-refractivity contribution in [1.82, 2.24) is 9.88 Å². The molecule has 2 aliphatic rings. The van der Waals surface area contributed by atoms with Crippen LogP contribution in [-0.2, 0) is 4.79 Å². The van der Waals surface area contributed by atoms with E-state index in [1.165, 1.54) is 4.90 Å². The lowest BCUT2D eigenvalue weighted by Gasteiger charge is -2.24. The Morgan fingerprint density at radius 2 is 2.19 bits per heavy atom. The van der Waals surface area contributed by atoms with Gasteiger partial charge in [-0.1, -0.05) is 18.0 Å². The summed E-state index contributed by atoms with van der Waals surface area (Å²) in [5.41, 5.74) is -0.0807. The number of halogens is 2.